The van der Waals surface area contributed by atoms with E-state index in [1.165, 1.54) is 12.1 Å². The second-order valence-electron chi connectivity index (χ2n) is 10.5. The van der Waals surface area contributed by atoms with Crippen LogP contribution in [-0.4, -0.2) is 46.7 Å². The van der Waals surface area contributed by atoms with Crippen LogP contribution in [0, 0.1) is 11.2 Å². The van der Waals surface area contributed by atoms with Crippen molar-refractivity contribution in [1.29, 1.82) is 0 Å². The first-order chi connectivity index (χ1) is 14.8. The van der Waals surface area contributed by atoms with E-state index in [1.807, 2.05) is 65.8 Å². The molecule has 1 aliphatic rings. The van der Waals surface area contributed by atoms with Crippen LogP contribution in [0.15, 0.2) is 48.5 Å². The number of likely N-dealkylation sites (N-methyl/N-ethyl adjacent to an activating group) is 1. The highest BCUT2D eigenvalue weighted by Gasteiger charge is 2.52. The summed E-state index contributed by atoms with van der Waals surface area (Å²) in [5, 5.41) is 0. The SMILES string of the molecule is CN1C(=O)[C@H](Cc2ccc(-c3ccc(F)cc3)cc2)N(C(=O)OC(C)(C)C)[C@H]1C(C)(C)C. The second kappa shape index (κ2) is 8.57. The number of nitrogens with zero attached hydrogens (tertiary/aromatic N) is 2. The van der Waals surface area contributed by atoms with Crippen LogP contribution in [0.2, 0.25) is 0 Å². The van der Waals surface area contributed by atoms with Gasteiger partial charge in [0, 0.05) is 18.9 Å². The average molecular weight is 441 g/mol. The van der Waals surface area contributed by atoms with Crippen LogP contribution < -0.4 is 0 Å². The van der Waals surface area contributed by atoms with Crippen LogP contribution in [0.5, 0.6) is 0 Å². The Morgan fingerprint density at radius 3 is 1.91 bits per heavy atom. The van der Waals surface area contributed by atoms with Gasteiger partial charge in [-0.2, -0.15) is 0 Å². The van der Waals surface area contributed by atoms with Crippen molar-refractivity contribution in [3.05, 3.63) is 59.9 Å². The fourth-order valence-electron chi connectivity index (χ4n) is 4.26. The smallest absolute Gasteiger partial charge is 0.412 e. The first kappa shape index (κ1) is 23.8. The molecule has 1 saturated heterocycles. The number of halogens is 1. The molecular weight excluding hydrogens is 407 g/mol. The molecule has 0 bridgehead atoms. The minimum Gasteiger partial charge on any atom is -0.444 e. The lowest BCUT2D eigenvalue weighted by molar-refractivity contribution is -0.129. The van der Waals surface area contributed by atoms with Crippen molar-refractivity contribution in [3.8, 4) is 11.1 Å². The van der Waals surface area contributed by atoms with E-state index in [2.05, 4.69) is 0 Å². The van der Waals surface area contributed by atoms with Gasteiger partial charge in [-0.1, -0.05) is 57.2 Å². The first-order valence-electron chi connectivity index (χ1n) is 10.9. The summed E-state index contributed by atoms with van der Waals surface area (Å²) in [4.78, 5) is 29.6. The van der Waals surface area contributed by atoms with Crippen LogP contribution in [0.1, 0.15) is 47.1 Å². The van der Waals surface area contributed by atoms with Crippen LogP contribution >= 0.6 is 0 Å². The van der Waals surface area contributed by atoms with Gasteiger partial charge in [0.2, 0.25) is 5.91 Å². The number of amides is 2. The molecule has 5 nitrogen and oxygen atoms in total. The lowest BCUT2D eigenvalue weighted by Crippen LogP contribution is -2.52. The number of benzene rings is 2. The molecular formula is C26H33FN2O3. The average Bonchev–Trinajstić information content (AvgIpc) is 2.93. The molecule has 0 unspecified atom stereocenters. The van der Waals surface area contributed by atoms with Gasteiger partial charge in [0.05, 0.1) is 0 Å². The Labute approximate surface area is 190 Å². The highest BCUT2D eigenvalue weighted by molar-refractivity contribution is 5.89. The number of ether oxygens (including phenoxy) is 1. The van der Waals surface area contributed by atoms with Gasteiger partial charge in [-0.3, -0.25) is 9.69 Å². The standard InChI is InChI=1S/C26H33FN2O3/c1-25(2,3)23-28(7)22(30)21(29(23)24(31)32-26(4,5)6)16-17-8-10-18(11-9-17)19-12-14-20(27)15-13-19/h8-15,21,23H,16H2,1-7H3/t21-,23-/m0/s1. The molecule has 6 heteroatoms. The minimum atomic E-state index is -0.662. The summed E-state index contributed by atoms with van der Waals surface area (Å²) in [6.45, 7) is 11.5. The van der Waals surface area contributed by atoms with Crippen LogP contribution in [0.25, 0.3) is 11.1 Å². The quantitative estimate of drug-likeness (QED) is 0.635. The molecule has 0 aliphatic carbocycles. The lowest BCUT2D eigenvalue weighted by Gasteiger charge is -2.39. The van der Waals surface area contributed by atoms with E-state index in [0.717, 1.165) is 16.7 Å². The summed E-state index contributed by atoms with van der Waals surface area (Å²) < 4.78 is 18.9. The molecule has 0 aromatic heterocycles. The molecule has 0 saturated carbocycles. The Morgan fingerprint density at radius 1 is 0.938 bits per heavy atom. The number of carbonyl (C=O) groups is 2. The van der Waals surface area contributed by atoms with Gasteiger partial charge in [0.15, 0.2) is 0 Å². The maximum Gasteiger partial charge on any atom is 0.412 e. The van der Waals surface area contributed by atoms with Crippen LogP contribution in [-0.2, 0) is 16.0 Å². The molecule has 172 valence electrons. The lowest BCUT2D eigenvalue weighted by atomic mass is 9.91. The maximum atomic E-state index is 13.2. The van der Waals surface area contributed by atoms with E-state index in [1.54, 1.807) is 29.0 Å². The third kappa shape index (κ3) is 5.12. The molecule has 2 aromatic rings. The number of hydrogen-bond acceptors (Lipinski definition) is 3. The Hall–Kier alpha value is -2.89. The molecule has 1 aliphatic heterocycles. The van der Waals surface area contributed by atoms with E-state index in [-0.39, 0.29) is 17.1 Å². The van der Waals surface area contributed by atoms with E-state index < -0.39 is 23.9 Å². The highest BCUT2D eigenvalue weighted by atomic mass is 19.1. The predicted molar refractivity (Wildman–Crippen MR) is 123 cm³/mol. The number of carbonyl (C=O) groups excluding carboxylic acids is 2. The largest absolute Gasteiger partial charge is 0.444 e. The third-order valence-electron chi connectivity index (χ3n) is 5.54. The zero-order chi connectivity index (χ0) is 23.8. The van der Waals surface area contributed by atoms with Gasteiger partial charge in [-0.15, -0.1) is 0 Å². The van der Waals surface area contributed by atoms with Crippen molar-refractivity contribution in [1.82, 2.24) is 9.80 Å². The monoisotopic (exact) mass is 440 g/mol. The Morgan fingerprint density at radius 2 is 1.44 bits per heavy atom. The molecule has 2 aromatic carbocycles. The zero-order valence-corrected chi connectivity index (χ0v) is 20.0. The second-order valence-corrected chi connectivity index (χ2v) is 10.5. The molecule has 3 rings (SSSR count). The number of hydrogen-bond donors (Lipinski definition) is 0. The van der Waals surface area contributed by atoms with Crippen molar-refractivity contribution >= 4 is 12.0 Å². The van der Waals surface area contributed by atoms with E-state index in [9.17, 15) is 14.0 Å². The van der Waals surface area contributed by atoms with Crippen molar-refractivity contribution in [2.75, 3.05) is 7.05 Å². The van der Waals surface area contributed by atoms with Gasteiger partial charge < -0.3 is 9.64 Å². The maximum absolute atomic E-state index is 13.2. The highest BCUT2D eigenvalue weighted by Crippen LogP contribution is 2.36. The van der Waals surface area contributed by atoms with Gasteiger partial charge >= 0.3 is 6.09 Å². The molecule has 0 radical (unpaired) electrons. The van der Waals surface area contributed by atoms with Crippen molar-refractivity contribution in [2.24, 2.45) is 5.41 Å². The van der Waals surface area contributed by atoms with Gasteiger partial charge in [0.1, 0.15) is 23.6 Å². The van der Waals surface area contributed by atoms with E-state index in [4.69, 9.17) is 4.74 Å². The van der Waals surface area contributed by atoms with Crippen LogP contribution in [0.4, 0.5) is 9.18 Å². The van der Waals surface area contributed by atoms with E-state index >= 15 is 0 Å². The molecule has 0 N–H and O–H groups in total. The van der Waals surface area contributed by atoms with Gasteiger partial charge in [-0.05, 0) is 49.6 Å². The predicted octanol–water partition coefficient (Wildman–Crippen LogP) is 5.49. The Kier molecular flexibility index (Phi) is 6.36. The third-order valence-corrected chi connectivity index (χ3v) is 5.54. The summed E-state index contributed by atoms with van der Waals surface area (Å²) in [6, 6.07) is 13.5. The first-order valence-corrected chi connectivity index (χ1v) is 10.9. The summed E-state index contributed by atoms with van der Waals surface area (Å²) >= 11 is 0. The molecule has 2 amide bonds. The number of rotatable bonds is 3. The van der Waals surface area contributed by atoms with Crippen molar-refractivity contribution in [2.45, 2.75) is 65.8 Å². The zero-order valence-electron chi connectivity index (χ0n) is 20.0. The summed E-state index contributed by atoms with van der Waals surface area (Å²) in [5.41, 5.74) is 1.80. The van der Waals surface area contributed by atoms with Crippen molar-refractivity contribution < 1.29 is 18.7 Å². The van der Waals surface area contributed by atoms with Gasteiger partial charge in [0.25, 0.3) is 0 Å². The fraction of sp³-hybridized carbons (Fsp3) is 0.462. The molecule has 32 heavy (non-hydrogen) atoms. The summed E-state index contributed by atoms with van der Waals surface area (Å²) in [7, 11) is 1.74. The van der Waals surface area contributed by atoms with Crippen LogP contribution in [0.3, 0.4) is 0 Å². The minimum absolute atomic E-state index is 0.0987. The fourth-order valence-corrected chi connectivity index (χ4v) is 4.26. The topological polar surface area (TPSA) is 49.9 Å². The summed E-state index contributed by atoms with van der Waals surface area (Å²) in [5.74, 6) is -0.372. The Bertz CT molecular complexity index is 972. The summed E-state index contributed by atoms with van der Waals surface area (Å²) in [6.07, 6.45) is -0.505. The normalized spacial score (nSPS) is 19.4. The molecule has 2 atom stereocenters. The van der Waals surface area contributed by atoms with E-state index in [0.29, 0.717) is 6.42 Å². The van der Waals surface area contributed by atoms with Crippen molar-refractivity contribution in [3.63, 3.8) is 0 Å². The van der Waals surface area contributed by atoms with Gasteiger partial charge in [-0.25, -0.2) is 9.18 Å². The molecule has 0 spiro atoms. The Balaban J connectivity index is 1.89. The molecule has 1 fully saturated rings. The molecule has 1 heterocycles.